The van der Waals surface area contributed by atoms with Gasteiger partial charge in [0.15, 0.2) is 0 Å². The fraction of sp³-hybridized carbons (Fsp3) is 0.750. The molecule has 20 heavy (non-hydrogen) atoms. The SMILES string of the molecule is Cc1nn(CC(C)C)c(C)c1CCC(=O)N1CCCC1. The summed E-state index contributed by atoms with van der Waals surface area (Å²) in [6, 6.07) is 0. The van der Waals surface area contributed by atoms with Crippen molar-refractivity contribution in [3.05, 3.63) is 17.0 Å². The molecule has 4 nitrogen and oxygen atoms in total. The van der Waals surface area contributed by atoms with Crippen LogP contribution in [0.2, 0.25) is 0 Å². The molecule has 0 N–H and O–H groups in total. The Labute approximate surface area is 122 Å². The molecule has 0 spiro atoms. The van der Waals surface area contributed by atoms with Crippen molar-refractivity contribution in [1.29, 1.82) is 0 Å². The van der Waals surface area contributed by atoms with Gasteiger partial charge in [-0.15, -0.1) is 0 Å². The number of hydrogen-bond acceptors (Lipinski definition) is 2. The molecular weight excluding hydrogens is 250 g/mol. The highest BCUT2D eigenvalue weighted by Crippen LogP contribution is 2.18. The Morgan fingerprint density at radius 3 is 2.50 bits per heavy atom. The standard InChI is InChI=1S/C16H27N3O/c1-12(2)11-19-14(4)15(13(3)17-19)7-8-16(20)18-9-5-6-10-18/h12H,5-11H2,1-4H3. The van der Waals surface area contributed by atoms with Gasteiger partial charge in [-0.2, -0.15) is 5.10 Å². The van der Waals surface area contributed by atoms with Crippen molar-refractivity contribution in [3.63, 3.8) is 0 Å². The van der Waals surface area contributed by atoms with E-state index in [4.69, 9.17) is 0 Å². The molecule has 112 valence electrons. The van der Waals surface area contributed by atoms with Gasteiger partial charge in [0, 0.05) is 31.7 Å². The molecule has 1 fully saturated rings. The minimum Gasteiger partial charge on any atom is -0.343 e. The van der Waals surface area contributed by atoms with E-state index in [0.29, 0.717) is 18.2 Å². The van der Waals surface area contributed by atoms with E-state index in [-0.39, 0.29) is 0 Å². The fourth-order valence-corrected chi connectivity index (χ4v) is 2.98. The maximum atomic E-state index is 12.1. The monoisotopic (exact) mass is 277 g/mol. The van der Waals surface area contributed by atoms with Crippen LogP contribution in [0.4, 0.5) is 0 Å². The Hall–Kier alpha value is -1.32. The molecule has 0 atom stereocenters. The van der Waals surface area contributed by atoms with Gasteiger partial charge in [0.1, 0.15) is 0 Å². The molecule has 0 saturated carbocycles. The first-order chi connectivity index (χ1) is 9.49. The molecule has 1 aliphatic heterocycles. The molecule has 1 saturated heterocycles. The summed E-state index contributed by atoms with van der Waals surface area (Å²) in [4.78, 5) is 14.1. The maximum absolute atomic E-state index is 12.1. The lowest BCUT2D eigenvalue weighted by molar-refractivity contribution is -0.130. The summed E-state index contributed by atoms with van der Waals surface area (Å²) in [7, 11) is 0. The molecule has 1 amide bonds. The van der Waals surface area contributed by atoms with E-state index in [1.807, 2.05) is 4.90 Å². The van der Waals surface area contributed by atoms with Crippen molar-refractivity contribution in [2.75, 3.05) is 13.1 Å². The Kier molecular flexibility index (Phi) is 4.84. The number of nitrogens with zero attached hydrogens (tertiary/aromatic N) is 3. The molecule has 0 radical (unpaired) electrons. The van der Waals surface area contributed by atoms with Gasteiger partial charge in [-0.05, 0) is 44.6 Å². The van der Waals surface area contributed by atoms with Gasteiger partial charge in [-0.25, -0.2) is 0 Å². The van der Waals surface area contributed by atoms with Gasteiger partial charge in [0.2, 0.25) is 5.91 Å². The number of amides is 1. The lowest BCUT2D eigenvalue weighted by atomic mass is 10.1. The third kappa shape index (κ3) is 3.41. The predicted octanol–water partition coefficient (Wildman–Crippen LogP) is 2.71. The largest absolute Gasteiger partial charge is 0.343 e. The van der Waals surface area contributed by atoms with Crippen LogP contribution in [0.5, 0.6) is 0 Å². The Bertz CT molecular complexity index is 470. The van der Waals surface area contributed by atoms with E-state index < -0.39 is 0 Å². The molecule has 0 aromatic carbocycles. The molecule has 0 unspecified atom stereocenters. The summed E-state index contributed by atoms with van der Waals surface area (Å²) in [5.74, 6) is 0.894. The summed E-state index contributed by atoms with van der Waals surface area (Å²) in [6.45, 7) is 11.4. The zero-order valence-corrected chi connectivity index (χ0v) is 13.3. The minimum absolute atomic E-state index is 0.304. The van der Waals surface area contributed by atoms with Crippen LogP contribution >= 0.6 is 0 Å². The molecular formula is C16H27N3O. The Morgan fingerprint density at radius 1 is 1.25 bits per heavy atom. The van der Waals surface area contributed by atoms with Crippen LogP contribution in [0, 0.1) is 19.8 Å². The molecule has 1 aromatic heterocycles. The fourth-order valence-electron chi connectivity index (χ4n) is 2.98. The first-order valence-electron chi connectivity index (χ1n) is 7.79. The zero-order chi connectivity index (χ0) is 14.7. The second kappa shape index (κ2) is 6.42. The summed E-state index contributed by atoms with van der Waals surface area (Å²) in [5.41, 5.74) is 3.57. The number of rotatable bonds is 5. The van der Waals surface area contributed by atoms with E-state index in [9.17, 15) is 4.79 Å². The van der Waals surface area contributed by atoms with Gasteiger partial charge in [-0.1, -0.05) is 13.8 Å². The lowest BCUT2D eigenvalue weighted by Gasteiger charge is -2.15. The first kappa shape index (κ1) is 15.1. The highest BCUT2D eigenvalue weighted by molar-refractivity contribution is 5.76. The highest BCUT2D eigenvalue weighted by atomic mass is 16.2. The average molecular weight is 277 g/mol. The van der Waals surface area contributed by atoms with Gasteiger partial charge < -0.3 is 4.90 Å². The topological polar surface area (TPSA) is 38.1 Å². The number of aromatic nitrogens is 2. The molecule has 2 rings (SSSR count). The first-order valence-corrected chi connectivity index (χ1v) is 7.79. The van der Waals surface area contributed by atoms with E-state index in [1.165, 1.54) is 11.3 Å². The number of aryl methyl sites for hydroxylation is 1. The molecule has 4 heteroatoms. The Balaban J connectivity index is 1.98. The molecule has 1 aliphatic rings. The number of hydrogen-bond donors (Lipinski definition) is 0. The van der Waals surface area contributed by atoms with Crippen molar-refractivity contribution in [1.82, 2.24) is 14.7 Å². The second-order valence-electron chi connectivity index (χ2n) is 6.31. The smallest absolute Gasteiger partial charge is 0.222 e. The normalized spacial score (nSPS) is 15.3. The van der Waals surface area contributed by atoms with E-state index >= 15 is 0 Å². The van der Waals surface area contributed by atoms with Crippen molar-refractivity contribution < 1.29 is 4.79 Å². The molecule has 1 aromatic rings. The second-order valence-corrected chi connectivity index (χ2v) is 6.31. The van der Waals surface area contributed by atoms with Crippen molar-refractivity contribution in [2.24, 2.45) is 5.92 Å². The summed E-state index contributed by atoms with van der Waals surface area (Å²) >= 11 is 0. The minimum atomic E-state index is 0.304. The summed E-state index contributed by atoms with van der Waals surface area (Å²) in [5, 5.41) is 4.62. The predicted molar refractivity (Wildman–Crippen MR) is 80.7 cm³/mol. The number of likely N-dealkylation sites (tertiary alicyclic amines) is 1. The quantitative estimate of drug-likeness (QED) is 0.830. The number of carbonyl (C=O) groups excluding carboxylic acids is 1. The third-order valence-corrected chi connectivity index (χ3v) is 4.12. The number of carbonyl (C=O) groups is 1. The highest BCUT2D eigenvalue weighted by Gasteiger charge is 2.19. The summed E-state index contributed by atoms with van der Waals surface area (Å²) < 4.78 is 2.09. The third-order valence-electron chi connectivity index (χ3n) is 4.12. The van der Waals surface area contributed by atoms with Crippen LogP contribution < -0.4 is 0 Å². The van der Waals surface area contributed by atoms with Crippen molar-refractivity contribution in [2.45, 2.75) is 59.9 Å². The van der Waals surface area contributed by atoms with Crippen LogP contribution in [0.15, 0.2) is 0 Å². The van der Waals surface area contributed by atoms with Crippen molar-refractivity contribution in [3.8, 4) is 0 Å². The maximum Gasteiger partial charge on any atom is 0.222 e. The van der Waals surface area contributed by atoms with Gasteiger partial charge in [0.25, 0.3) is 0 Å². The van der Waals surface area contributed by atoms with E-state index in [2.05, 4.69) is 37.5 Å². The summed E-state index contributed by atoms with van der Waals surface area (Å²) in [6.07, 6.45) is 3.77. The average Bonchev–Trinajstić information content (AvgIpc) is 2.98. The van der Waals surface area contributed by atoms with E-state index in [1.54, 1.807) is 0 Å². The van der Waals surface area contributed by atoms with Gasteiger partial charge in [-0.3, -0.25) is 9.48 Å². The van der Waals surface area contributed by atoms with Gasteiger partial charge in [0.05, 0.1) is 5.69 Å². The molecule has 2 heterocycles. The van der Waals surface area contributed by atoms with Crippen LogP contribution in [-0.2, 0) is 17.8 Å². The van der Waals surface area contributed by atoms with E-state index in [0.717, 1.165) is 44.6 Å². The lowest BCUT2D eigenvalue weighted by Crippen LogP contribution is -2.27. The van der Waals surface area contributed by atoms with Gasteiger partial charge >= 0.3 is 0 Å². The van der Waals surface area contributed by atoms with Crippen LogP contribution in [-0.4, -0.2) is 33.7 Å². The Morgan fingerprint density at radius 2 is 1.90 bits per heavy atom. The van der Waals surface area contributed by atoms with Crippen LogP contribution in [0.3, 0.4) is 0 Å². The zero-order valence-electron chi connectivity index (χ0n) is 13.3. The van der Waals surface area contributed by atoms with Crippen molar-refractivity contribution >= 4 is 5.91 Å². The molecule has 0 aliphatic carbocycles. The molecule has 0 bridgehead atoms. The van der Waals surface area contributed by atoms with Crippen LogP contribution in [0.25, 0.3) is 0 Å². The van der Waals surface area contributed by atoms with Crippen LogP contribution in [0.1, 0.15) is 50.1 Å².